The van der Waals surface area contributed by atoms with Crippen molar-refractivity contribution in [3.8, 4) is 17.0 Å². The molecule has 118 valence electrons. The molecule has 5 nitrogen and oxygen atoms in total. The molecule has 3 aromatic rings. The van der Waals surface area contributed by atoms with Gasteiger partial charge < -0.3 is 9.84 Å². The summed E-state index contributed by atoms with van der Waals surface area (Å²) < 4.78 is 7.26. The molecule has 1 N–H and O–H groups in total. The Kier molecular flexibility index (Phi) is 3.92. The van der Waals surface area contributed by atoms with E-state index in [0.29, 0.717) is 0 Å². The number of aliphatic carboxylic acids is 1. The van der Waals surface area contributed by atoms with Crippen molar-refractivity contribution in [2.24, 2.45) is 0 Å². The second-order valence-electron chi connectivity index (χ2n) is 5.20. The number of aromatic nitrogens is 2. The van der Waals surface area contributed by atoms with E-state index in [4.69, 9.17) is 9.84 Å². The van der Waals surface area contributed by atoms with Crippen LogP contribution in [0.25, 0.3) is 22.3 Å². The smallest absolute Gasteiger partial charge is 0.328 e. The summed E-state index contributed by atoms with van der Waals surface area (Å²) in [5.41, 5.74) is 4.50. The van der Waals surface area contributed by atoms with Crippen molar-refractivity contribution in [2.75, 3.05) is 7.11 Å². The largest absolute Gasteiger partial charge is 0.496 e. The van der Waals surface area contributed by atoms with Crippen molar-refractivity contribution < 1.29 is 14.6 Å². The third-order valence-corrected chi connectivity index (χ3v) is 4.57. The van der Waals surface area contributed by atoms with Gasteiger partial charge in [0, 0.05) is 22.7 Å². The predicted molar refractivity (Wildman–Crippen MR) is 91.2 cm³/mol. The molecule has 2 heterocycles. The average Bonchev–Trinajstić information content (AvgIpc) is 3.05. The fraction of sp³-hybridized carbons (Fsp3) is 0.176. The second-order valence-corrected chi connectivity index (χ2v) is 6.03. The summed E-state index contributed by atoms with van der Waals surface area (Å²) in [6, 6.07) is 5.83. The lowest BCUT2D eigenvalue weighted by molar-refractivity contribution is -0.131. The van der Waals surface area contributed by atoms with Crippen molar-refractivity contribution in [1.82, 2.24) is 9.38 Å². The predicted octanol–water partition coefficient (Wildman–Crippen LogP) is 3.79. The first-order valence-corrected chi connectivity index (χ1v) is 7.92. The highest BCUT2D eigenvalue weighted by Gasteiger charge is 2.16. The normalized spacial score (nSPS) is 11.4. The molecular weight excluding hydrogens is 312 g/mol. The van der Waals surface area contributed by atoms with Crippen LogP contribution in [0.4, 0.5) is 0 Å². The van der Waals surface area contributed by atoms with E-state index in [1.165, 1.54) is 11.3 Å². The molecule has 6 heteroatoms. The number of aryl methyl sites for hydroxylation is 2. The second kappa shape index (κ2) is 5.89. The first kappa shape index (κ1) is 15.3. The summed E-state index contributed by atoms with van der Waals surface area (Å²) in [6.45, 7) is 3.95. The van der Waals surface area contributed by atoms with E-state index in [9.17, 15) is 4.79 Å². The summed E-state index contributed by atoms with van der Waals surface area (Å²) in [6.07, 6.45) is 2.73. The van der Waals surface area contributed by atoms with Gasteiger partial charge in [0.2, 0.25) is 0 Å². The van der Waals surface area contributed by atoms with Gasteiger partial charge in [-0.15, -0.1) is 11.3 Å². The van der Waals surface area contributed by atoms with E-state index in [2.05, 4.69) is 4.98 Å². The molecule has 0 unspecified atom stereocenters. The van der Waals surface area contributed by atoms with E-state index in [1.807, 2.05) is 41.8 Å². The number of thiazole rings is 1. The maximum absolute atomic E-state index is 10.9. The topological polar surface area (TPSA) is 63.8 Å². The Bertz CT molecular complexity index is 921. The molecule has 0 atom stereocenters. The number of ether oxygens (including phenoxy) is 1. The Balaban J connectivity index is 2.22. The van der Waals surface area contributed by atoms with Crippen LogP contribution >= 0.6 is 11.3 Å². The van der Waals surface area contributed by atoms with E-state index >= 15 is 0 Å². The molecule has 0 amide bonds. The summed E-state index contributed by atoms with van der Waals surface area (Å²) in [5.74, 6) is -0.168. The van der Waals surface area contributed by atoms with Crippen LogP contribution in [-0.2, 0) is 4.79 Å². The molecule has 0 radical (unpaired) electrons. The van der Waals surface area contributed by atoms with Crippen molar-refractivity contribution in [1.29, 1.82) is 0 Å². The summed E-state index contributed by atoms with van der Waals surface area (Å²) in [4.78, 5) is 16.4. The summed E-state index contributed by atoms with van der Waals surface area (Å²) in [5, 5.41) is 11.0. The molecule has 0 aliphatic heterocycles. The van der Waals surface area contributed by atoms with Gasteiger partial charge in [-0.2, -0.15) is 0 Å². The van der Waals surface area contributed by atoms with Crippen molar-refractivity contribution in [3.05, 3.63) is 46.6 Å². The lowest BCUT2D eigenvalue weighted by Gasteiger charge is -2.07. The van der Waals surface area contributed by atoms with Crippen molar-refractivity contribution in [2.45, 2.75) is 13.8 Å². The number of carboxylic acids is 1. The molecule has 23 heavy (non-hydrogen) atoms. The maximum atomic E-state index is 10.9. The van der Waals surface area contributed by atoms with Gasteiger partial charge in [0.15, 0.2) is 4.96 Å². The average molecular weight is 328 g/mol. The third kappa shape index (κ3) is 2.73. The van der Waals surface area contributed by atoms with Crippen LogP contribution in [0.15, 0.2) is 29.7 Å². The fourth-order valence-electron chi connectivity index (χ4n) is 2.56. The zero-order valence-corrected chi connectivity index (χ0v) is 13.8. The highest BCUT2D eigenvalue weighted by molar-refractivity contribution is 7.15. The Hall–Kier alpha value is -2.60. The van der Waals surface area contributed by atoms with Crippen LogP contribution in [0.2, 0.25) is 0 Å². The van der Waals surface area contributed by atoms with Gasteiger partial charge >= 0.3 is 5.97 Å². The van der Waals surface area contributed by atoms with E-state index in [1.54, 1.807) is 13.2 Å². The first-order valence-electron chi connectivity index (χ1n) is 7.04. The molecule has 0 fully saturated rings. The van der Waals surface area contributed by atoms with Crippen LogP contribution < -0.4 is 4.74 Å². The number of hydrogen-bond acceptors (Lipinski definition) is 4. The molecule has 0 spiro atoms. The van der Waals surface area contributed by atoms with Gasteiger partial charge in [-0.25, -0.2) is 9.78 Å². The minimum absolute atomic E-state index is 0.767. The Morgan fingerprint density at radius 1 is 1.39 bits per heavy atom. The van der Waals surface area contributed by atoms with Crippen LogP contribution in [0.1, 0.15) is 17.0 Å². The number of rotatable bonds is 4. The van der Waals surface area contributed by atoms with Gasteiger partial charge in [0.05, 0.1) is 18.5 Å². The number of carboxylic acid groups (broad SMARTS) is 1. The number of methoxy groups -OCH3 is 1. The van der Waals surface area contributed by atoms with Gasteiger partial charge in [0.25, 0.3) is 0 Å². The monoisotopic (exact) mass is 328 g/mol. The van der Waals surface area contributed by atoms with Gasteiger partial charge in [-0.1, -0.05) is 0 Å². The lowest BCUT2D eigenvalue weighted by atomic mass is 10.1. The number of fused-ring (bicyclic) bond motifs is 1. The molecule has 0 aliphatic rings. The SMILES string of the molecule is COc1ccc(-c2nc3scc(C)n3c2/C=C/C(=O)O)cc1C. The van der Waals surface area contributed by atoms with Crippen molar-refractivity contribution >= 4 is 28.3 Å². The van der Waals surface area contributed by atoms with Gasteiger partial charge in [-0.05, 0) is 43.7 Å². The van der Waals surface area contributed by atoms with E-state index in [-0.39, 0.29) is 0 Å². The number of benzene rings is 1. The highest BCUT2D eigenvalue weighted by atomic mass is 32.1. The summed E-state index contributed by atoms with van der Waals surface area (Å²) >= 11 is 1.54. The van der Waals surface area contributed by atoms with E-state index in [0.717, 1.165) is 45.0 Å². The molecule has 0 saturated carbocycles. The molecule has 2 aromatic heterocycles. The quantitative estimate of drug-likeness (QED) is 0.740. The molecule has 0 aliphatic carbocycles. The highest BCUT2D eigenvalue weighted by Crippen LogP contribution is 2.31. The molecule has 0 saturated heterocycles. The minimum Gasteiger partial charge on any atom is -0.496 e. The Morgan fingerprint density at radius 3 is 2.83 bits per heavy atom. The van der Waals surface area contributed by atoms with Crippen LogP contribution in [0.3, 0.4) is 0 Å². The third-order valence-electron chi connectivity index (χ3n) is 3.62. The first-order chi connectivity index (χ1) is 11.0. The van der Waals surface area contributed by atoms with Crippen molar-refractivity contribution in [3.63, 3.8) is 0 Å². The van der Waals surface area contributed by atoms with Crippen LogP contribution in [0.5, 0.6) is 5.75 Å². The van der Waals surface area contributed by atoms with E-state index < -0.39 is 5.97 Å². The zero-order chi connectivity index (χ0) is 16.6. The number of carbonyl (C=O) groups is 1. The maximum Gasteiger partial charge on any atom is 0.328 e. The van der Waals surface area contributed by atoms with Crippen LogP contribution in [-0.4, -0.2) is 27.6 Å². The molecule has 1 aromatic carbocycles. The number of hydrogen-bond donors (Lipinski definition) is 1. The molecule has 3 rings (SSSR count). The van der Waals surface area contributed by atoms with Gasteiger partial charge in [0.1, 0.15) is 5.75 Å². The summed E-state index contributed by atoms with van der Waals surface area (Å²) in [7, 11) is 1.64. The number of imidazole rings is 1. The minimum atomic E-state index is -0.982. The number of nitrogens with zero attached hydrogens (tertiary/aromatic N) is 2. The standard InChI is InChI=1S/C17H16N2O3S/c1-10-8-12(4-6-14(10)22-3)16-13(5-7-15(20)21)19-11(2)9-23-17(19)18-16/h4-9H,1-3H3,(H,20,21)/b7-5+. The van der Waals surface area contributed by atoms with Crippen LogP contribution in [0, 0.1) is 13.8 Å². The van der Waals surface area contributed by atoms with Gasteiger partial charge in [-0.3, -0.25) is 4.40 Å². The Labute approximate surface area is 137 Å². The Morgan fingerprint density at radius 2 is 2.17 bits per heavy atom. The lowest BCUT2D eigenvalue weighted by Crippen LogP contribution is -1.93. The zero-order valence-electron chi connectivity index (χ0n) is 13.0. The molecular formula is C17H16N2O3S. The molecule has 0 bridgehead atoms. The fourth-order valence-corrected chi connectivity index (χ4v) is 3.44.